The van der Waals surface area contributed by atoms with Crippen LogP contribution in [0, 0.1) is 0 Å². The average Bonchev–Trinajstić information content (AvgIpc) is 3.32. The molecule has 3 aromatic carbocycles. The van der Waals surface area contributed by atoms with Crippen LogP contribution in [0.1, 0.15) is 30.0 Å². The molecular weight excluding hydrogens is 540 g/mol. The van der Waals surface area contributed by atoms with Crippen molar-refractivity contribution in [2.75, 3.05) is 20.8 Å². The number of hydrogen-bond donors (Lipinski definition) is 3. The lowest BCUT2D eigenvalue weighted by molar-refractivity contribution is -0.207. The molecule has 5 rings (SSSR count). The average molecular weight is 573 g/mol. The lowest BCUT2D eigenvalue weighted by Gasteiger charge is -2.53. The summed E-state index contributed by atoms with van der Waals surface area (Å²) in [6.45, 7) is 0.635. The SMILES string of the molecule is COc1cccc(C(c2ccccc2)(c2ccccc2OC)[C@@]2(O)C[C@@H](CO)O[C@@]2(C(C)=O)n2ccc(=O)[nH]c2=O)c1. The van der Waals surface area contributed by atoms with Crippen LogP contribution in [-0.4, -0.2) is 58.1 Å². The Balaban J connectivity index is 2.06. The van der Waals surface area contributed by atoms with Crippen molar-refractivity contribution in [2.45, 2.75) is 36.2 Å². The van der Waals surface area contributed by atoms with Gasteiger partial charge in [0.2, 0.25) is 5.72 Å². The molecule has 2 heterocycles. The van der Waals surface area contributed by atoms with Crippen molar-refractivity contribution in [1.82, 2.24) is 9.55 Å². The zero-order valence-electron chi connectivity index (χ0n) is 23.4. The van der Waals surface area contributed by atoms with Crippen molar-refractivity contribution in [1.29, 1.82) is 0 Å². The lowest BCUT2D eigenvalue weighted by atomic mass is 9.54. The fourth-order valence-electron chi connectivity index (χ4n) is 6.50. The Morgan fingerprint density at radius 1 is 1.00 bits per heavy atom. The second-order valence-electron chi connectivity index (χ2n) is 10.2. The Morgan fingerprint density at radius 3 is 2.33 bits per heavy atom. The van der Waals surface area contributed by atoms with Gasteiger partial charge in [0, 0.05) is 24.2 Å². The highest BCUT2D eigenvalue weighted by molar-refractivity contribution is 5.86. The number of carbonyl (C=O) groups excluding carboxylic acids is 1. The molecule has 1 aliphatic rings. The molecule has 218 valence electrons. The quantitative estimate of drug-likeness (QED) is 0.260. The number of nitrogens with one attached hydrogen (secondary N) is 1. The van der Waals surface area contributed by atoms with Gasteiger partial charge in [0.05, 0.1) is 32.3 Å². The third-order valence-electron chi connectivity index (χ3n) is 8.11. The number of nitrogens with zero attached hydrogens (tertiary/aromatic N) is 1. The Kier molecular flexibility index (Phi) is 7.63. The number of carbonyl (C=O) groups is 1. The second-order valence-corrected chi connectivity index (χ2v) is 10.2. The normalized spacial score (nSPS) is 23.2. The van der Waals surface area contributed by atoms with E-state index in [-0.39, 0.29) is 6.42 Å². The summed E-state index contributed by atoms with van der Waals surface area (Å²) in [6, 6.07) is 24.2. The molecule has 10 heteroatoms. The summed E-state index contributed by atoms with van der Waals surface area (Å²) in [5, 5.41) is 24.0. The van der Waals surface area contributed by atoms with Gasteiger partial charge in [-0.05, 0) is 36.2 Å². The molecular formula is C32H32N2O8. The number of para-hydroxylation sites is 1. The molecule has 3 N–H and O–H groups in total. The summed E-state index contributed by atoms with van der Waals surface area (Å²) < 4.78 is 18.6. The first-order chi connectivity index (χ1) is 20.2. The van der Waals surface area contributed by atoms with Crippen LogP contribution in [0.25, 0.3) is 0 Å². The Morgan fingerprint density at radius 2 is 1.69 bits per heavy atom. The van der Waals surface area contributed by atoms with Gasteiger partial charge in [-0.25, -0.2) is 4.79 Å². The fourth-order valence-corrected chi connectivity index (χ4v) is 6.50. The smallest absolute Gasteiger partial charge is 0.331 e. The Bertz CT molecular complexity index is 1720. The number of aliphatic hydroxyl groups is 2. The van der Waals surface area contributed by atoms with Crippen LogP contribution >= 0.6 is 0 Å². The summed E-state index contributed by atoms with van der Waals surface area (Å²) in [4.78, 5) is 41.7. The van der Waals surface area contributed by atoms with Crippen LogP contribution in [-0.2, 0) is 20.7 Å². The first-order valence-electron chi connectivity index (χ1n) is 13.4. The van der Waals surface area contributed by atoms with Gasteiger partial charge in [-0.2, -0.15) is 0 Å². The number of hydrogen-bond acceptors (Lipinski definition) is 8. The van der Waals surface area contributed by atoms with Crippen LogP contribution in [0.5, 0.6) is 11.5 Å². The molecule has 42 heavy (non-hydrogen) atoms. The van der Waals surface area contributed by atoms with E-state index in [1.54, 1.807) is 72.8 Å². The molecule has 1 fully saturated rings. The van der Waals surface area contributed by atoms with Gasteiger partial charge >= 0.3 is 5.69 Å². The van der Waals surface area contributed by atoms with Gasteiger partial charge in [-0.3, -0.25) is 19.1 Å². The number of benzene rings is 3. The predicted octanol–water partition coefficient (Wildman–Crippen LogP) is 2.34. The molecule has 0 bridgehead atoms. The number of aromatic nitrogens is 2. The minimum atomic E-state index is -2.43. The number of ether oxygens (including phenoxy) is 3. The molecule has 0 saturated carbocycles. The molecule has 1 unspecified atom stereocenters. The maximum atomic E-state index is 14.0. The number of aromatic amines is 1. The van der Waals surface area contributed by atoms with E-state index in [1.807, 2.05) is 6.07 Å². The van der Waals surface area contributed by atoms with Crippen LogP contribution in [0.15, 0.2) is 101 Å². The van der Waals surface area contributed by atoms with E-state index in [4.69, 9.17) is 14.2 Å². The zero-order chi connectivity index (χ0) is 30.1. The summed E-state index contributed by atoms with van der Waals surface area (Å²) in [5.41, 5.74) is -6.63. The largest absolute Gasteiger partial charge is 0.497 e. The van der Waals surface area contributed by atoms with Crippen molar-refractivity contribution in [3.05, 3.63) is 129 Å². The molecule has 0 aliphatic carbocycles. The molecule has 1 saturated heterocycles. The van der Waals surface area contributed by atoms with E-state index in [0.717, 1.165) is 16.8 Å². The maximum absolute atomic E-state index is 14.0. The third kappa shape index (κ3) is 4.10. The molecule has 1 aliphatic heterocycles. The van der Waals surface area contributed by atoms with Gasteiger partial charge in [0.15, 0.2) is 5.78 Å². The van der Waals surface area contributed by atoms with Gasteiger partial charge < -0.3 is 24.4 Å². The Hall–Kier alpha value is -4.51. The summed E-state index contributed by atoms with van der Waals surface area (Å²) in [5.74, 6) is 0.128. The highest BCUT2D eigenvalue weighted by atomic mass is 16.6. The van der Waals surface area contributed by atoms with E-state index in [0.29, 0.717) is 28.2 Å². The molecule has 0 amide bonds. The van der Waals surface area contributed by atoms with E-state index in [1.165, 1.54) is 21.1 Å². The fraction of sp³-hybridized carbons (Fsp3) is 0.281. The highest BCUT2D eigenvalue weighted by Crippen LogP contribution is 2.61. The summed E-state index contributed by atoms with van der Waals surface area (Å²) >= 11 is 0. The van der Waals surface area contributed by atoms with Crippen molar-refractivity contribution < 1.29 is 29.2 Å². The molecule has 1 aromatic heterocycles. The van der Waals surface area contributed by atoms with E-state index in [2.05, 4.69) is 4.98 Å². The molecule has 4 aromatic rings. The van der Waals surface area contributed by atoms with Crippen LogP contribution in [0.4, 0.5) is 0 Å². The molecule has 0 spiro atoms. The van der Waals surface area contributed by atoms with Gasteiger partial charge in [-0.15, -0.1) is 0 Å². The third-order valence-corrected chi connectivity index (χ3v) is 8.11. The molecule has 4 atom stereocenters. The number of aliphatic hydroxyl groups excluding tert-OH is 1. The van der Waals surface area contributed by atoms with Gasteiger partial charge in [0.1, 0.15) is 17.1 Å². The monoisotopic (exact) mass is 572 g/mol. The van der Waals surface area contributed by atoms with Crippen molar-refractivity contribution >= 4 is 5.78 Å². The number of H-pyrrole nitrogens is 1. The topological polar surface area (TPSA) is 140 Å². The first kappa shape index (κ1) is 29.0. The molecule has 10 nitrogen and oxygen atoms in total. The maximum Gasteiger partial charge on any atom is 0.331 e. The van der Waals surface area contributed by atoms with Crippen molar-refractivity contribution in [3.8, 4) is 11.5 Å². The van der Waals surface area contributed by atoms with Gasteiger partial charge in [0.25, 0.3) is 5.56 Å². The predicted molar refractivity (Wildman–Crippen MR) is 154 cm³/mol. The van der Waals surface area contributed by atoms with Crippen molar-refractivity contribution in [3.63, 3.8) is 0 Å². The Labute approximate surface area is 241 Å². The van der Waals surface area contributed by atoms with E-state index >= 15 is 0 Å². The molecule has 0 radical (unpaired) electrons. The zero-order valence-corrected chi connectivity index (χ0v) is 23.4. The summed E-state index contributed by atoms with van der Waals surface area (Å²) in [6.07, 6.45) is -0.253. The minimum Gasteiger partial charge on any atom is -0.497 e. The van der Waals surface area contributed by atoms with Crippen LogP contribution < -0.4 is 20.7 Å². The van der Waals surface area contributed by atoms with E-state index < -0.39 is 46.5 Å². The van der Waals surface area contributed by atoms with Gasteiger partial charge in [-0.1, -0.05) is 60.7 Å². The minimum absolute atomic E-state index is 0.293. The van der Waals surface area contributed by atoms with E-state index in [9.17, 15) is 24.6 Å². The van der Waals surface area contributed by atoms with Crippen LogP contribution in [0.2, 0.25) is 0 Å². The number of methoxy groups -OCH3 is 2. The van der Waals surface area contributed by atoms with Crippen LogP contribution in [0.3, 0.4) is 0 Å². The second kappa shape index (κ2) is 11.1. The lowest BCUT2D eigenvalue weighted by Crippen LogP contribution is -2.69. The number of rotatable bonds is 9. The number of Topliss-reactive ketones (excluding diaryl/α,β-unsaturated/α-hetero) is 1. The first-order valence-corrected chi connectivity index (χ1v) is 13.4. The highest BCUT2D eigenvalue weighted by Gasteiger charge is 2.74. The number of ketones is 1. The standard InChI is InChI=1S/C32H32N2O8/c1-21(36)32(34-17-16-28(37)33-29(34)38)30(39,19-25(20-35)42-32)31(22-10-5-4-6-11-22,23-12-9-13-24(18-23)40-2)26-14-7-8-15-27(26)41-3/h4-18,25,35,39H,19-20H2,1-3H3,(H,33,37,38)/t25-,30-,31?,32+/m0/s1. The summed E-state index contributed by atoms with van der Waals surface area (Å²) in [7, 11) is 3.01. The van der Waals surface area contributed by atoms with Crippen molar-refractivity contribution in [2.24, 2.45) is 0 Å².